The SMILES string of the molecule is O=C(CCN1CCN(C(=O)c2c(F)cccc2F)CC1)c1ccc(Br)s1. The van der Waals surface area contributed by atoms with Crippen LogP contribution >= 0.6 is 27.3 Å². The molecule has 0 spiro atoms. The van der Waals surface area contributed by atoms with Crippen molar-refractivity contribution in [2.75, 3.05) is 32.7 Å². The number of nitrogens with zero attached hydrogens (tertiary/aromatic N) is 2. The van der Waals surface area contributed by atoms with E-state index in [1.54, 1.807) is 6.07 Å². The molecule has 2 heterocycles. The van der Waals surface area contributed by atoms with Crippen LogP contribution in [0.15, 0.2) is 34.1 Å². The summed E-state index contributed by atoms with van der Waals surface area (Å²) in [7, 11) is 0. The van der Waals surface area contributed by atoms with Crippen LogP contribution in [0.1, 0.15) is 26.5 Å². The van der Waals surface area contributed by atoms with Gasteiger partial charge in [-0.05, 0) is 40.2 Å². The standard InChI is InChI=1S/C18H17BrF2N2O2S/c19-16-5-4-15(26-16)14(24)6-7-22-8-10-23(11-9-22)18(25)17-12(20)2-1-3-13(17)21/h1-5H,6-11H2. The van der Waals surface area contributed by atoms with Crippen LogP contribution in [0.2, 0.25) is 0 Å². The van der Waals surface area contributed by atoms with Gasteiger partial charge in [0.25, 0.3) is 5.91 Å². The number of thiophene rings is 1. The third-order valence-electron chi connectivity index (χ3n) is 4.34. The van der Waals surface area contributed by atoms with E-state index < -0.39 is 23.1 Å². The predicted molar refractivity (Wildman–Crippen MR) is 99.7 cm³/mol. The lowest BCUT2D eigenvalue weighted by Crippen LogP contribution is -2.49. The zero-order valence-electron chi connectivity index (χ0n) is 13.9. The predicted octanol–water partition coefficient (Wildman–Crippen LogP) is 3.82. The van der Waals surface area contributed by atoms with Gasteiger partial charge in [-0.3, -0.25) is 14.5 Å². The van der Waals surface area contributed by atoms with Gasteiger partial charge in [0, 0.05) is 39.1 Å². The first-order chi connectivity index (χ1) is 12.5. The molecule has 1 aromatic carbocycles. The van der Waals surface area contributed by atoms with E-state index >= 15 is 0 Å². The molecule has 0 radical (unpaired) electrons. The fourth-order valence-electron chi connectivity index (χ4n) is 2.88. The molecule has 1 fully saturated rings. The minimum Gasteiger partial charge on any atom is -0.336 e. The van der Waals surface area contributed by atoms with Gasteiger partial charge in [-0.2, -0.15) is 0 Å². The number of carbonyl (C=O) groups excluding carboxylic acids is 2. The highest BCUT2D eigenvalue weighted by atomic mass is 79.9. The van der Waals surface area contributed by atoms with Crippen molar-refractivity contribution >= 4 is 39.0 Å². The van der Waals surface area contributed by atoms with Crippen molar-refractivity contribution in [2.24, 2.45) is 0 Å². The topological polar surface area (TPSA) is 40.6 Å². The normalized spacial score (nSPS) is 15.3. The van der Waals surface area contributed by atoms with Gasteiger partial charge in [0.15, 0.2) is 5.78 Å². The van der Waals surface area contributed by atoms with Crippen molar-refractivity contribution in [2.45, 2.75) is 6.42 Å². The van der Waals surface area contributed by atoms with Crippen molar-refractivity contribution in [3.63, 3.8) is 0 Å². The van der Waals surface area contributed by atoms with E-state index in [9.17, 15) is 18.4 Å². The zero-order chi connectivity index (χ0) is 18.7. The number of ketones is 1. The number of benzene rings is 1. The maximum absolute atomic E-state index is 13.8. The lowest BCUT2D eigenvalue weighted by molar-refractivity contribution is 0.0619. The Morgan fingerprint density at radius 2 is 1.69 bits per heavy atom. The lowest BCUT2D eigenvalue weighted by Gasteiger charge is -2.34. The van der Waals surface area contributed by atoms with Gasteiger partial charge in [0.1, 0.15) is 17.2 Å². The molecule has 26 heavy (non-hydrogen) atoms. The number of rotatable bonds is 5. The monoisotopic (exact) mass is 442 g/mol. The Hall–Kier alpha value is -1.64. The molecule has 0 aliphatic carbocycles. The van der Waals surface area contributed by atoms with Gasteiger partial charge < -0.3 is 4.90 Å². The zero-order valence-corrected chi connectivity index (χ0v) is 16.3. The highest BCUT2D eigenvalue weighted by Gasteiger charge is 2.26. The first-order valence-corrected chi connectivity index (χ1v) is 9.81. The number of amides is 1. The second kappa shape index (κ2) is 8.37. The summed E-state index contributed by atoms with van der Waals surface area (Å²) >= 11 is 4.75. The summed E-state index contributed by atoms with van der Waals surface area (Å²) in [5, 5.41) is 0. The minimum absolute atomic E-state index is 0.0904. The molecule has 1 aliphatic rings. The van der Waals surface area contributed by atoms with E-state index in [-0.39, 0.29) is 5.78 Å². The summed E-state index contributed by atoms with van der Waals surface area (Å²) in [4.78, 5) is 28.8. The molecule has 8 heteroatoms. The highest BCUT2D eigenvalue weighted by Crippen LogP contribution is 2.23. The Balaban J connectivity index is 1.51. The third-order valence-corrected chi connectivity index (χ3v) is 6.00. The molecule has 1 amide bonds. The number of carbonyl (C=O) groups is 2. The van der Waals surface area contributed by atoms with Gasteiger partial charge in [0.2, 0.25) is 0 Å². The molecule has 0 saturated carbocycles. The molecule has 2 aromatic rings. The maximum Gasteiger partial charge on any atom is 0.259 e. The number of hydrogen-bond acceptors (Lipinski definition) is 4. The van der Waals surface area contributed by atoms with E-state index in [0.717, 1.165) is 20.8 Å². The smallest absolute Gasteiger partial charge is 0.259 e. The second-order valence-corrected chi connectivity index (χ2v) is 8.47. The summed E-state index contributed by atoms with van der Waals surface area (Å²) < 4.78 is 28.5. The molecule has 1 aliphatic heterocycles. The number of Topliss-reactive ketones (excluding diaryl/α,β-unsaturated/α-hetero) is 1. The number of piperazine rings is 1. The van der Waals surface area contributed by atoms with Gasteiger partial charge in [-0.25, -0.2) is 8.78 Å². The van der Waals surface area contributed by atoms with Gasteiger partial charge in [-0.15, -0.1) is 11.3 Å². The Bertz CT molecular complexity index is 799. The van der Waals surface area contributed by atoms with Crippen LogP contribution in [0.5, 0.6) is 0 Å². The molecule has 0 bridgehead atoms. The molecule has 1 aromatic heterocycles. The second-order valence-electron chi connectivity index (χ2n) is 6.01. The molecule has 138 valence electrons. The van der Waals surface area contributed by atoms with E-state index in [2.05, 4.69) is 20.8 Å². The molecule has 0 atom stereocenters. The summed E-state index contributed by atoms with van der Waals surface area (Å²) in [6.45, 7) is 2.51. The first-order valence-electron chi connectivity index (χ1n) is 8.20. The maximum atomic E-state index is 13.8. The van der Waals surface area contributed by atoms with Crippen LogP contribution in [-0.2, 0) is 0 Å². The van der Waals surface area contributed by atoms with Gasteiger partial charge >= 0.3 is 0 Å². The van der Waals surface area contributed by atoms with E-state index in [1.807, 2.05) is 6.07 Å². The summed E-state index contributed by atoms with van der Waals surface area (Å²) in [6.07, 6.45) is 0.406. The van der Waals surface area contributed by atoms with Gasteiger partial charge in [-0.1, -0.05) is 6.07 Å². The Kier molecular flexibility index (Phi) is 6.16. The lowest BCUT2D eigenvalue weighted by atomic mass is 10.1. The Morgan fingerprint density at radius 1 is 1.04 bits per heavy atom. The fourth-order valence-corrected chi connectivity index (χ4v) is 4.24. The van der Waals surface area contributed by atoms with Crippen LogP contribution in [0.4, 0.5) is 8.78 Å². The average molecular weight is 443 g/mol. The number of hydrogen-bond donors (Lipinski definition) is 0. The van der Waals surface area contributed by atoms with Crippen molar-refractivity contribution in [3.05, 3.63) is 56.2 Å². The molecule has 0 N–H and O–H groups in total. The van der Waals surface area contributed by atoms with Crippen molar-refractivity contribution in [1.82, 2.24) is 9.80 Å². The van der Waals surface area contributed by atoms with Crippen LogP contribution < -0.4 is 0 Å². The van der Waals surface area contributed by atoms with Crippen LogP contribution in [-0.4, -0.2) is 54.2 Å². The van der Waals surface area contributed by atoms with Crippen molar-refractivity contribution in [1.29, 1.82) is 0 Å². The number of halogens is 3. The molecule has 1 saturated heterocycles. The molecule has 4 nitrogen and oxygen atoms in total. The highest BCUT2D eigenvalue weighted by molar-refractivity contribution is 9.11. The van der Waals surface area contributed by atoms with Gasteiger partial charge in [0.05, 0.1) is 8.66 Å². The quantitative estimate of drug-likeness (QED) is 0.660. The van der Waals surface area contributed by atoms with E-state index in [1.165, 1.54) is 22.3 Å². The van der Waals surface area contributed by atoms with E-state index in [0.29, 0.717) is 39.1 Å². The summed E-state index contributed by atoms with van der Waals surface area (Å²) in [5.41, 5.74) is -0.501. The molecular formula is C18H17BrF2N2O2S. The summed E-state index contributed by atoms with van der Waals surface area (Å²) in [6, 6.07) is 7.06. The molecule has 0 unspecified atom stereocenters. The van der Waals surface area contributed by atoms with Crippen LogP contribution in [0.3, 0.4) is 0 Å². The minimum atomic E-state index is -0.842. The van der Waals surface area contributed by atoms with Crippen molar-refractivity contribution in [3.8, 4) is 0 Å². The van der Waals surface area contributed by atoms with Crippen molar-refractivity contribution < 1.29 is 18.4 Å². The fraction of sp³-hybridized carbons (Fsp3) is 0.333. The average Bonchev–Trinajstić information content (AvgIpc) is 3.06. The van der Waals surface area contributed by atoms with E-state index in [4.69, 9.17) is 0 Å². The third kappa shape index (κ3) is 4.36. The largest absolute Gasteiger partial charge is 0.336 e. The van der Waals surface area contributed by atoms with Crippen LogP contribution in [0.25, 0.3) is 0 Å². The first kappa shape index (κ1) is 19.1. The Morgan fingerprint density at radius 3 is 2.27 bits per heavy atom. The Labute approximate surface area is 162 Å². The molecule has 3 rings (SSSR count). The van der Waals surface area contributed by atoms with Crippen LogP contribution in [0, 0.1) is 11.6 Å². The molecular weight excluding hydrogens is 426 g/mol. The summed E-state index contributed by atoms with van der Waals surface area (Å²) in [5.74, 6) is -2.22.